The number of para-hydroxylation sites is 2. The van der Waals surface area contributed by atoms with Crippen LogP contribution in [0.25, 0.3) is 16.7 Å². The zero-order chi connectivity index (χ0) is 22.8. The van der Waals surface area contributed by atoms with Gasteiger partial charge in [0.25, 0.3) is 0 Å². The van der Waals surface area contributed by atoms with Crippen molar-refractivity contribution in [3.05, 3.63) is 48.3 Å². The van der Waals surface area contributed by atoms with Crippen LogP contribution in [0.3, 0.4) is 0 Å². The van der Waals surface area contributed by atoms with Gasteiger partial charge in [-0.15, -0.1) is 0 Å². The largest absolute Gasteiger partial charge is 0.461 e. The normalized spacial score (nSPS) is 37.5. The summed E-state index contributed by atoms with van der Waals surface area (Å²) in [5.74, 6) is 1.83. The SMILES string of the molecule is C[C@]12CC[C@H](OC(=O)CN)CC1=CCC1C2CC[C@]2(C)C(n3cnc4ccccc43)=CCC12. The van der Waals surface area contributed by atoms with Crippen molar-refractivity contribution in [1.29, 1.82) is 0 Å². The Hall–Kier alpha value is -2.40. The molecule has 0 bridgehead atoms. The Bertz CT molecular complexity index is 1160. The third kappa shape index (κ3) is 3.08. The predicted octanol–water partition coefficient (Wildman–Crippen LogP) is 5.32. The molecule has 1 aromatic carbocycles. The van der Waals surface area contributed by atoms with E-state index in [0.717, 1.165) is 37.6 Å². The number of esters is 1. The molecule has 4 aliphatic carbocycles. The first-order chi connectivity index (χ1) is 15.9. The number of carbonyl (C=O) groups is 1. The lowest BCUT2D eigenvalue weighted by molar-refractivity contribution is -0.149. The van der Waals surface area contributed by atoms with Crippen molar-refractivity contribution in [2.45, 2.75) is 64.9 Å². The topological polar surface area (TPSA) is 70.1 Å². The molecule has 0 spiro atoms. The number of ether oxygens (including phenoxy) is 1. The van der Waals surface area contributed by atoms with E-state index in [-0.39, 0.29) is 29.4 Å². The molecule has 0 radical (unpaired) electrons. The molecule has 4 aliphatic rings. The maximum Gasteiger partial charge on any atom is 0.319 e. The van der Waals surface area contributed by atoms with Gasteiger partial charge in [0.2, 0.25) is 0 Å². The van der Waals surface area contributed by atoms with Gasteiger partial charge in [0.15, 0.2) is 0 Å². The van der Waals surface area contributed by atoms with Gasteiger partial charge >= 0.3 is 5.97 Å². The summed E-state index contributed by atoms with van der Waals surface area (Å²) < 4.78 is 7.98. The van der Waals surface area contributed by atoms with E-state index in [1.165, 1.54) is 29.6 Å². The Morgan fingerprint density at radius 3 is 2.79 bits per heavy atom. The molecular weight excluding hydrogens is 410 g/mol. The van der Waals surface area contributed by atoms with E-state index in [9.17, 15) is 4.79 Å². The molecule has 2 aromatic rings. The number of hydrogen-bond donors (Lipinski definition) is 1. The zero-order valence-electron chi connectivity index (χ0n) is 19.8. The molecule has 5 nitrogen and oxygen atoms in total. The number of nitrogens with zero attached hydrogens (tertiary/aromatic N) is 2. The van der Waals surface area contributed by atoms with Crippen LogP contribution < -0.4 is 5.73 Å². The van der Waals surface area contributed by atoms with Crippen molar-refractivity contribution in [2.24, 2.45) is 34.3 Å². The van der Waals surface area contributed by atoms with E-state index < -0.39 is 0 Å². The van der Waals surface area contributed by atoms with Crippen LogP contribution in [-0.2, 0) is 9.53 Å². The van der Waals surface area contributed by atoms with Gasteiger partial charge in [0, 0.05) is 17.5 Å². The Labute approximate surface area is 196 Å². The summed E-state index contributed by atoms with van der Waals surface area (Å²) >= 11 is 0. The maximum absolute atomic E-state index is 11.7. The fourth-order valence-electron chi connectivity index (χ4n) is 8.03. The van der Waals surface area contributed by atoms with Crippen LogP contribution in [0.5, 0.6) is 0 Å². The maximum atomic E-state index is 11.7. The van der Waals surface area contributed by atoms with Gasteiger partial charge in [-0.25, -0.2) is 4.98 Å². The highest BCUT2D eigenvalue weighted by atomic mass is 16.5. The molecule has 6 atom stereocenters. The number of imidazole rings is 1. The van der Waals surface area contributed by atoms with E-state index in [1.807, 2.05) is 6.33 Å². The first-order valence-corrected chi connectivity index (χ1v) is 12.7. The van der Waals surface area contributed by atoms with E-state index in [2.05, 4.69) is 59.8 Å². The monoisotopic (exact) mass is 445 g/mol. The van der Waals surface area contributed by atoms with Crippen molar-refractivity contribution in [3.8, 4) is 0 Å². The third-order valence-electron chi connectivity index (χ3n) is 9.78. The molecule has 0 saturated heterocycles. The lowest BCUT2D eigenvalue weighted by atomic mass is 9.47. The summed E-state index contributed by atoms with van der Waals surface area (Å²) in [7, 11) is 0. The van der Waals surface area contributed by atoms with E-state index in [0.29, 0.717) is 17.8 Å². The van der Waals surface area contributed by atoms with Crippen molar-refractivity contribution in [1.82, 2.24) is 9.55 Å². The number of aromatic nitrogens is 2. The Morgan fingerprint density at radius 1 is 1.12 bits per heavy atom. The molecule has 5 heteroatoms. The third-order valence-corrected chi connectivity index (χ3v) is 9.78. The number of hydrogen-bond acceptors (Lipinski definition) is 4. The Kier molecular flexibility index (Phi) is 4.84. The fraction of sp³-hybridized carbons (Fsp3) is 0.571. The summed E-state index contributed by atoms with van der Waals surface area (Å²) in [6, 6.07) is 8.48. The average molecular weight is 446 g/mol. The van der Waals surface area contributed by atoms with Gasteiger partial charge in [0.1, 0.15) is 12.4 Å². The van der Waals surface area contributed by atoms with Crippen LogP contribution in [-0.4, -0.2) is 28.2 Å². The fourth-order valence-corrected chi connectivity index (χ4v) is 8.03. The van der Waals surface area contributed by atoms with Crippen LogP contribution in [0.15, 0.2) is 48.3 Å². The molecule has 2 saturated carbocycles. The van der Waals surface area contributed by atoms with Crippen LogP contribution >= 0.6 is 0 Å². The molecule has 33 heavy (non-hydrogen) atoms. The molecule has 2 N–H and O–H groups in total. The molecule has 1 heterocycles. The number of carbonyl (C=O) groups excluding carboxylic acids is 1. The van der Waals surface area contributed by atoms with Crippen LogP contribution in [0.2, 0.25) is 0 Å². The van der Waals surface area contributed by atoms with Gasteiger partial charge in [-0.05, 0) is 73.8 Å². The average Bonchev–Trinajstić information content (AvgIpc) is 3.39. The summed E-state index contributed by atoms with van der Waals surface area (Å²) in [6.07, 6.45) is 14.8. The highest BCUT2D eigenvalue weighted by Crippen LogP contribution is 2.65. The van der Waals surface area contributed by atoms with Crippen molar-refractivity contribution < 1.29 is 9.53 Å². The minimum atomic E-state index is -0.275. The van der Waals surface area contributed by atoms with Crippen LogP contribution in [0.4, 0.5) is 0 Å². The number of fused-ring (bicyclic) bond motifs is 6. The predicted molar refractivity (Wildman–Crippen MR) is 130 cm³/mol. The molecule has 3 unspecified atom stereocenters. The van der Waals surface area contributed by atoms with Gasteiger partial charge in [-0.3, -0.25) is 4.79 Å². The molecule has 0 aliphatic heterocycles. The quantitative estimate of drug-likeness (QED) is 0.513. The summed E-state index contributed by atoms with van der Waals surface area (Å²) in [6.45, 7) is 4.97. The second kappa shape index (κ2) is 7.56. The van der Waals surface area contributed by atoms with Crippen molar-refractivity contribution >= 4 is 22.7 Å². The summed E-state index contributed by atoms with van der Waals surface area (Å²) in [5.41, 5.74) is 11.2. The molecular formula is C28H35N3O2. The molecule has 1 aromatic heterocycles. The molecule has 2 fully saturated rings. The lowest BCUT2D eigenvalue weighted by Crippen LogP contribution is -2.50. The number of benzene rings is 1. The molecule has 174 valence electrons. The van der Waals surface area contributed by atoms with E-state index in [4.69, 9.17) is 10.5 Å². The minimum Gasteiger partial charge on any atom is -0.461 e. The number of allylic oxidation sites excluding steroid dienone is 3. The number of rotatable bonds is 3. The Balaban J connectivity index is 1.27. The molecule has 6 rings (SSSR count). The zero-order valence-corrected chi connectivity index (χ0v) is 19.8. The van der Waals surface area contributed by atoms with Gasteiger partial charge in [0.05, 0.1) is 17.6 Å². The first kappa shape index (κ1) is 21.2. The Morgan fingerprint density at radius 2 is 1.94 bits per heavy atom. The molecule has 0 amide bonds. The van der Waals surface area contributed by atoms with Gasteiger partial charge in [-0.1, -0.05) is 43.7 Å². The van der Waals surface area contributed by atoms with Crippen molar-refractivity contribution in [2.75, 3.05) is 6.54 Å². The lowest BCUT2D eigenvalue weighted by Gasteiger charge is -2.57. The second-order valence-electron chi connectivity index (χ2n) is 11.2. The second-order valence-corrected chi connectivity index (χ2v) is 11.2. The van der Waals surface area contributed by atoms with Crippen molar-refractivity contribution in [3.63, 3.8) is 0 Å². The minimum absolute atomic E-state index is 0.0000493. The first-order valence-electron chi connectivity index (χ1n) is 12.7. The van der Waals surface area contributed by atoms with Crippen LogP contribution in [0, 0.1) is 28.6 Å². The smallest absolute Gasteiger partial charge is 0.319 e. The van der Waals surface area contributed by atoms with E-state index >= 15 is 0 Å². The summed E-state index contributed by atoms with van der Waals surface area (Å²) in [4.78, 5) is 16.4. The highest BCUT2D eigenvalue weighted by molar-refractivity contribution is 5.80. The van der Waals surface area contributed by atoms with Gasteiger partial charge < -0.3 is 15.0 Å². The van der Waals surface area contributed by atoms with E-state index in [1.54, 1.807) is 0 Å². The number of nitrogens with two attached hydrogens (primary N) is 1. The van der Waals surface area contributed by atoms with Gasteiger partial charge in [-0.2, -0.15) is 0 Å². The van der Waals surface area contributed by atoms with Crippen LogP contribution in [0.1, 0.15) is 58.8 Å². The summed E-state index contributed by atoms with van der Waals surface area (Å²) in [5, 5.41) is 0. The highest BCUT2D eigenvalue weighted by Gasteiger charge is 2.57. The standard InChI is InChI=1S/C28H35N3O2/c1-27-13-11-19(33-26(32)16-29)15-18(27)7-8-20-21-9-10-25(28(21,2)14-12-22(20)27)31-17-30-23-5-3-4-6-24(23)31/h3-7,10,17,19-22H,8-9,11-16,29H2,1-2H3/t19-,20?,21?,22?,27-,28-/m0/s1.